The first-order valence-electron chi connectivity index (χ1n) is 10.8. The molecule has 0 atom stereocenters. The first-order valence-corrected chi connectivity index (χ1v) is 10.8. The smallest absolute Gasteiger partial charge is 0.191 e. The zero-order valence-electron chi connectivity index (χ0n) is 19.7. The van der Waals surface area contributed by atoms with Crippen LogP contribution in [0.2, 0.25) is 0 Å². The van der Waals surface area contributed by atoms with E-state index in [0.29, 0.717) is 26.3 Å². The summed E-state index contributed by atoms with van der Waals surface area (Å²) in [6, 6.07) is 6.22. The van der Waals surface area contributed by atoms with Gasteiger partial charge in [-0.05, 0) is 38.3 Å². The lowest BCUT2D eigenvalue weighted by Gasteiger charge is -2.14. The van der Waals surface area contributed by atoms with Crippen LogP contribution in [0.4, 0.5) is 0 Å². The van der Waals surface area contributed by atoms with Crippen LogP contribution in [0, 0.1) is 6.92 Å². The average Bonchev–Trinajstić information content (AvgIpc) is 3.05. The average molecular weight is 543 g/mol. The molecule has 0 aliphatic rings. The number of methoxy groups -OCH3 is 1. The second-order valence-corrected chi connectivity index (χ2v) is 7.20. The molecule has 0 saturated carbocycles. The van der Waals surface area contributed by atoms with Crippen molar-refractivity contribution < 1.29 is 9.47 Å². The summed E-state index contributed by atoms with van der Waals surface area (Å²) >= 11 is 0. The predicted molar refractivity (Wildman–Crippen MR) is 138 cm³/mol. The van der Waals surface area contributed by atoms with Crippen molar-refractivity contribution in [3.63, 3.8) is 0 Å². The molecule has 8 heteroatoms. The summed E-state index contributed by atoms with van der Waals surface area (Å²) in [5.74, 6) is 1.65. The fraction of sp³-hybridized carbons (Fsp3) is 0.565. The summed E-state index contributed by atoms with van der Waals surface area (Å²) < 4.78 is 13.0. The SMILES string of the molecule is CCNC(=NCc1ccc(C)cc1OCCOC)NCc1c(CC)nn(C)c1CC.I. The van der Waals surface area contributed by atoms with Gasteiger partial charge in [0, 0.05) is 44.1 Å². The predicted octanol–water partition coefficient (Wildman–Crippen LogP) is 3.75. The third kappa shape index (κ3) is 7.99. The molecular weight excluding hydrogens is 505 g/mol. The Morgan fingerprint density at radius 1 is 1.13 bits per heavy atom. The number of halogens is 1. The molecule has 0 amide bonds. The van der Waals surface area contributed by atoms with Crippen LogP contribution < -0.4 is 15.4 Å². The molecule has 0 radical (unpaired) electrons. The summed E-state index contributed by atoms with van der Waals surface area (Å²) in [6.45, 7) is 11.6. The number of ether oxygens (including phenoxy) is 2. The highest BCUT2D eigenvalue weighted by molar-refractivity contribution is 14.0. The second kappa shape index (κ2) is 14.3. The molecule has 1 aromatic carbocycles. The van der Waals surface area contributed by atoms with Gasteiger partial charge in [-0.3, -0.25) is 4.68 Å². The molecule has 2 rings (SSSR count). The molecule has 2 aromatic rings. The summed E-state index contributed by atoms with van der Waals surface area (Å²) in [6.07, 6.45) is 1.88. The monoisotopic (exact) mass is 543 g/mol. The largest absolute Gasteiger partial charge is 0.491 e. The molecule has 0 bridgehead atoms. The topological polar surface area (TPSA) is 72.7 Å². The van der Waals surface area contributed by atoms with Gasteiger partial charge in [0.15, 0.2) is 5.96 Å². The lowest BCUT2D eigenvalue weighted by Crippen LogP contribution is -2.37. The number of aliphatic imine (C=N–C) groups is 1. The molecule has 2 N–H and O–H groups in total. The lowest BCUT2D eigenvalue weighted by atomic mass is 10.1. The molecule has 0 unspecified atom stereocenters. The Morgan fingerprint density at radius 3 is 2.55 bits per heavy atom. The number of nitrogens with zero attached hydrogens (tertiary/aromatic N) is 3. The van der Waals surface area contributed by atoms with Crippen molar-refractivity contribution in [3.05, 3.63) is 46.3 Å². The highest BCUT2D eigenvalue weighted by Gasteiger charge is 2.14. The van der Waals surface area contributed by atoms with Crippen molar-refractivity contribution >= 4 is 29.9 Å². The Kier molecular flexibility index (Phi) is 12.5. The third-order valence-electron chi connectivity index (χ3n) is 4.98. The van der Waals surface area contributed by atoms with E-state index in [2.05, 4.69) is 61.6 Å². The number of hydrogen-bond acceptors (Lipinski definition) is 4. The van der Waals surface area contributed by atoms with Gasteiger partial charge in [-0.2, -0.15) is 5.10 Å². The van der Waals surface area contributed by atoms with E-state index >= 15 is 0 Å². The van der Waals surface area contributed by atoms with Gasteiger partial charge in [-0.25, -0.2) is 4.99 Å². The second-order valence-electron chi connectivity index (χ2n) is 7.20. The van der Waals surface area contributed by atoms with E-state index in [9.17, 15) is 0 Å². The molecule has 31 heavy (non-hydrogen) atoms. The van der Waals surface area contributed by atoms with Crippen molar-refractivity contribution in [1.29, 1.82) is 0 Å². The molecule has 0 aliphatic carbocycles. The van der Waals surface area contributed by atoms with Gasteiger partial charge < -0.3 is 20.1 Å². The fourth-order valence-electron chi connectivity index (χ4n) is 3.43. The van der Waals surface area contributed by atoms with Crippen LogP contribution in [0.15, 0.2) is 23.2 Å². The van der Waals surface area contributed by atoms with Crippen molar-refractivity contribution in [1.82, 2.24) is 20.4 Å². The molecule has 7 nitrogen and oxygen atoms in total. The van der Waals surface area contributed by atoms with Gasteiger partial charge >= 0.3 is 0 Å². The molecule has 0 saturated heterocycles. The van der Waals surface area contributed by atoms with Gasteiger partial charge in [0.05, 0.1) is 18.8 Å². The van der Waals surface area contributed by atoms with E-state index in [1.165, 1.54) is 11.3 Å². The first kappa shape index (κ1) is 27.2. The zero-order valence-corrected chi connectivity index (χ0v) is 22.1. The Morgan fingerprint density at radius 2 is 1.90 bits per heavy atom. The molecule has 0 fully saturated rings. The van der Waals surface area contributed by atoms with Crippen LogP contribution in [-0.4, -0.2) is 42.6 Å². The highest BCUT2D eigenvalue weighted by atomic mass is 127. The van der Waals surface area contributed by atoms with Gasteiger partial charge in [-0.15, -0.1) is 24.0 Å². The maximum Gasteiger partial charge on any atom is 0.191 e. The van der Waals surface area contributed by atoms with Crippen LogP contribution in [-0.2, 0) is 37.7 Å². The summed E-state index contributed by atoms with van der Waals surface area (Å²) in [7, 11) is 3.69. The number of aryl methyl sites for hydroxylation is 3. The van der Waals surface area contributed by atoms with E-state index in [0.717, 1.165) is 47.9 Å². The number of benzene rings is 1. The fourth-order valence-corrected chi connectivity index (χ4v) is 3.43. The molecule has 0 aliphatic heterocycles. The third-order valence-corrected chi connectivity index (χ3v) is 4.98. The molecule has 1 aromatic heterocycles. The van der Waals surface area contributed by atoms with E-state index in [4.69, 9.17) is 14.5 Å². The molecular formula is C23H38IN5O2. The maximum absolute atomic E-state index is 5.90. The summed E-state index contributed by atoms with van der Waals surface area (Å²) in [5.41, 5.74) is 5.90. The van der Waals surface area contributed by atoms with E-state index in [1.54, 1.807) is 7.11 Å². The van der Waals surface area contributed by atoms with Crippen LogP contribution in [0.25, 0.3) is 0 Å². The maximum atomic E-state index is 5.90. The number of aromatic nitrogens is 2. The Balaban J connectivity index is 0.00000480. The molecule has 0 spiro atoms. The number of guanidine groups is 1. The quantitative estimate of drug-likeness (QED) is 0.196. The summed E-state index contributed by atoms with van der Waals surface area (Å²) in [5, 5.41) is 11.5. The van der Waals surface area contributed by atoms with E-state index in [1.807, 2.05) is 11.7 Å². The Bertz CT molecular complexity index is 836. The Labute approximate surface area is 204 Å². The minimum absolute atomic E-state index is 0. The highest BCUT2D eigenvalue weighted by Crippen LogP contribution is 2.21. The summed E-state index contributed by atoms with van der Waals surface area (Å²) in [4.78, 5) is 4.79. The van der Waals surface area contributed by atoms with Crippen molar-refractivity contribution in [2.75, 3.05) is 26.9 Å². The number of rotatable bonds is 11. The number of nitrogens with one attached hydrogen (secondary N) is 2. The van der Waals surface area contributed by atoms with Gasteiger partial charge in [0.25, 0.3) is 0 Å². The van der Waals surface area contributed by atoms with E-state index in [-0.39, 0.29) is 24.0 Å². The van der Waals surface area contributed by atoms with Crippen LogP contribution >= 0.6 is 24.0 Å². The Hall–Kier alpha value is -1.81. The van der Waals surface area contributed by atoms with Crippen molar-refractivity contribution in [2.24, 2.45) is 12.0 Å². The van der Waals surface area contributed by atoms with Crippen molar-refractivity contribution in [3.8, 4) is 5.75 Å². The van der Waals surface area contributed by atoms with Crippen LogP contribution in [0.3, 0.4) is 0 Å². The van der Waals surface area contributed by atoms with E-state index < -0.39 is 0 Å². The zero-order chi connectivity index (χ0) is 21.9. The first-order chi connectivity index (χ1) is 14.5. The van der Waals surface area contributed by atoms with Gasteiger partial charge in [0.1, 0.15) is 12.4 Å². The van der Waals surface area contributed by atoms with Gasteiger partial charge in [0.2, 0.25) is 0 Å². The van der Waals surface area contributed by atoms with Crippen LogP contribution in [0.1, 0.15) is 48.8 Å². The molecule has 174 valence electrons. The van der Waals surface area contributed by atoms with Crippen LogP contribution in [0.5, 0.6) is 5.75 Å². The lowest BCUT2D eigenvalue weighted by molar-refractivity contribution is 0.145. The van der Waals surface area contributed by atoms with Crippen molar-refractivity contribution in [2.45, 2.75) is 53.6 Å². The standard InChI is InChI=1S/C23H37N5O2.HI/c1-7-20-19(21(8-2)28(5)27-20)16-26-23(24-9-3)25-15-18-11-10-17(4)14-22(18)30-13-12-29-6;/h10-11,14H,7-9,12-13,15-16H2,1-6H3,(H2,24,25,26);1H. The normalized spacial score (nSPS) is 11.2. The number of hydrogen-bond donors (Lipinski definition) is 2. The minimum atomic E-state index is 0. The van der Waals surface area contributed by atoms with Gasteiger partial charge in [-0.1, -0.05) is 26.0 Å². The minimum Gasteiger partial charge on any atom is -0.491 e. The molecule has 1 heterocycles.